The van der Waals surface area contributed by atoms with Crippen LogP contribution < -0.4 is 17.2 Å². The lowest BCUT2D eigenvalue weighted by Gasteiger charge is -2.08. The predicted octanol–water partition coefficient (Wildman–Crippen LogP) is 2.34. The zero-order valence-corrected chi connectivity index (χ0v) is 15.0. The average molecular weight is 384 g/mol. The van der Waals surface area contributed by atoms with Crippen molar-refractivity contribution in [1.82, 2.24) is 0 Å². The number of nitrogens with two attached hydrogens (primary N) is 3. The molecule has 2 aromatic rings. The van der Waals surface area contributed by atoms with Crippen molar-refractivity contribution in [2.24, 2.45) is 17.2 Å². The Bertz CT molecular complexity index is 741. The second-order valence-corrected chi connectivity index (χ2v) is 5.86. The van der Waals surface area contributed by atoms with E-state index in [0.29, 0.717) is 21.2 Å². The lowest BCUT2D eigenvalue weighted by atomic mass is 10.1. The van der Waals surface area contributed by atoms with Gasteiger partial charge in [0.25, 0.3) is 0 Å². The topological polar surface area (TPSA) is 121 Å². The maximum Gasteiger partial charge on any atom is 0.327 e. The number of amides is 1. The van der Waals surface area contributed by atoms with E-state index in [0.717, 1.165) is 0 Å². The van der Waals surface area contributed by atoms with Crippen molar-refractivity contribution >= 4 is 35.1 Å². The number of primary amides is 1. The minimum absolute atomic E-state index is 0.470. The Labute approximate surface area is 155 Å². The van der Waals surface area contributed by atoms with Crippen molar-refractivity contribution in [2.75, 3.05) is 7.11 Å². The number of esters is 1. The second-order valence-electron chi connectivity index (χ2n) is 4.99. The number of halogens is 2. The van der Waals surface area contributed by atoms with E-state index >= 15 is 0 Å². The SMILES string of the molecule is COC(=O)C(N)c1cccc(Cl)c1.NC(=O)C(N)c1cccc(Cl)c1. The van der Waals surface area contributed by atoms with Gasteiger partial charge in [0.15, 0.2) is 0 Å². The van der Waals surface area contributed by atoms with Crippen LogP contribution in [0, 0.1) is 0 Å². The fourth-order valence-corrected chi connectivity index (χ4v) is 2.22. The van der Waals surface area contributed by atoms with E-state index in [4.69, 9.17) is 40.4 Å². The molecule has 0 saturated carbocycles. The fourth-order valence-electron chi connectivity index (χ4n) is 1.83. The van der Waals surface area contributed by atoms with Crippen molar-refractivity contribution in [3.05, 3.63) is 69.7 Å². The van der Waals surface area contributed by atoms with E-state index in [2.05, 4.69) is 4.74 Å². The molecule has 2 aromatic carbocycles. The van der Waals surface area contributed by atoms with Gasteiger partial charge in [0.1, 0.15) is 12.1 Å². The summed E-state index contributed by atoms with van der Waals surface area (Å²) in [4.78, 5) is 21.7. The van der Waals surface area contributed by atoms with Gasteiger partial charge in [-0.2, -0.15) is 0 Å². The van der Waals surface area contributed by atoms with Crippen LogP contribution in [0.2, 0.25) is 10.0 Å². The Kier molecular flexibility index (Phi) is 8.37. The highest BCUT2D eigenvalue weighted by atomic mass is 35.5. The maximum absolute atomic E-state index is 11.0. The number of hydrogen-bond donors (Lipinski definition) is 3. The lowest BCUT2D eigenvalue weighted by molar-refractivity contribution is -0.142. The molecule has 2 unspecified atom stereocenters. The van der Waals surface area contributed by atoms with Gasteiger partial charge >= 0.3 is 5.97 Å². The quantitative estimate of drug-likeness (QED) is 0.699. The minimum Gasteiger partial charge on any atom is -0.468 e. The standard InChI is InChI=1S/C9H10ClNO2.C8H9ClN2O/c1-13-9(12)8(11)6-3-2-4-7(10)5-6;9-6-3-1-2-5(4-6)7(10)8(11)12/h2-5,8H,11H2,1H3;1-4,7H,10H2,(H2,11,12). The monoisotopic (exact) mass is 383 g/mol. The van der Waals surface area contributed by atoms with Crippen molar-refractivity contribution in [3.63, 3.8) is 0 Å². The van der Waals surface area contributed by atoms with Crippen molar-refractivity contribution in [3.8, 4) is 0 Å². The fraction of sp³-hybridized carbons (Fsp3) is 0.176. The molecule has 6 nitrogen and oxygen atoms in total. The lowest BCUT2D eigenvalue weighted by Crippen LogP contribution is -2.28. The van der Waals surface area contributed by atoms with Gasteiger partial charge in [-0.15, -0.1) is 0 Å². The summed E-state index contributed by atoms with van der Waals surface area (Å²) in [5, 5.41) is 1.10. The van der Waals surface area contributed by atoms with Crippen LogP contribution in [0.25, 0.3) is 0 Å². The molecule has 0 bridgehead atoms. The smallest absolute Gasteiger partial charge is 0.327 e. The summed E-state index contributed by atoms with van der Waals surface area (Å²) in [6, 6.07) is 12.1. The molecule has 1 amide bonds. The van der Waals surface area contributed by atoms with Crippen LogP contribution in [0.4, 0.5) is 0 Å². The van der Waals surface area contributed by atoms with Gasteiger partial charge in [-0.3, -0.25) is 9.59 Å². The molecular formula is C17H19Cl2N3O3. The van der Waals surface area contributed by atoms with E-state index in [9.17, 15) is 9.59 Å². The van der Waals surface area contributed by atoms with Crippen LogP contribution >= 0.6 is 23.2 Å². The first-order valence-corrected chi connectivity index (χ1v) is 7.91. The first-order chi connectivity index (χ1) is 11.8. The Balaban J connectivity index is 0.000000251. The zero-order chi connectivity index (χ0) is 19.0. The van der Waals surface area contributed by atoms with Crippen molar-refractivity contribution in [2.45, 2.75) is 12.1 Å². The third-order valence-electron chi connectivity index (χ3n) is 3.18. The van der Waals surface area contributed by atoms with Crippen molar-refractivity contribution in [1.29, 1.82) is 0 Å². The number of carbonyl (C=O) groups excluding carboxylic acids is 2. The predicted molar refractivity (Wildman–Crippen MR) is 98.0 cm³/mol. The van der Waals surface area contributed by atoms with E-state index in [1.165, 1.54) is 7.11 Å². The van der Waals surface area contributed by atoms with E-state index < -0.39 is 24.0 Å². The van der Waals surface area contributed by atoms with Crippen LogP contribution in [0.5, 0.6) is 0 Å². The first kappa shape index (κ1) is 20.9. The van der Waals surface area contributed by atoms with Gasteiger partial charge in [0.05, 0.1) is 7.11 Å². The summed E-state index contributed by atoms with van der Waals surface area (Å²) in [6.45, 7) is 0. The van der Waals surface area contributed by atoms with Crippen molar-refractivity contribution < 1.29 is 14.3 Å². The summed E-state index contributed by atoms with van der Waals surface area (Å²) >= 11 is 11.4. The summed E-state index contributed by atoms with van der Waals surface area (Å²) in [7, 11) is 1.30. The molecule has 0 aliphatic carbocycles. The van der Waals surface area contributed by atoms with E-state index in [1.807, 2.05) is 0 Å². The molecule has 2 rings (SSSR count). The van der Waals surface area contributed by atoms with Crippen LogP contribution in [-0.4, -0.2) is 19.0 Å². The third kappa shape index (κ3) is 6.72. The molecule has 134 valence electrons. The Morgan fingerprint density at radius 3 is 1.72 bits per heavy atom. The first-order valence-electron chi connectivity index (χ1n) is 7.15. The molecule has 25 heavy (non-hydrogen) atoms. The highest BCUT2D eigenvalue weighted by molar-refractivity contribution is 6.30. The molecular weight excluding hydrogens is 365 g/mol. The number of carbonyl (C=O) groups is 2. The molecule has 0 aromatic heterocycles. The Hall–Kier alpha value is -2.12. The molecule has 0 heterocycles. The molecule has 2 atom stereocenters. The van der Waals surface area contributed by atoms with Gasteiger partial charge < -0.3 is 21.9 Å². The molecule has 8 heteroatoms. The van der Waals surface area contributed by atoms with Gasteiger partial charge in [-0.25, -0.2) is 0 Å². The van der Waals surface area contributed by atoms with Gasteiger partial charge in [-0.1, -0.05) is 47.5 Å². The molecule has 0 aliphatic rings. The Morgan fingerprint density at radius 1 is 0.920 bits per heavy atom. The molecule has 0 saturated heterocycles. The van der Waals surface area contributed by atoms with Crippen LogP contribution in [-0.2, 0) is 14.3 Å². The van der Waals surface area contributed by atoms with Crippen LogP contribution in [0.1, 0.15) is 23.2 Å². The summed E-state index contributed by atoms with van der Waals surface area (Å²) in [5.41, 5.74) is 17.4. The van der Waals surface area contributed by atoms with E-state index in [-0.39, 0.29) is 0 Å². The highest BCUT2D eigenvalue weighted by Gasteiger charge is 2.15. The summed E-state index contributed by atoms with van der Waals surface area (Å²) in [6.07, 6.45) is 0. The zero-order valence-electron chi connectivity index (χ0n) is 13.5. The molecule has 6 N–H and O–H groups in total. The number of ether oxygens (including phenoxy) is 1. The molecule has 0 radical (unpaired) electrons. The number of methoxy groups -OCH3 is 1. The summed E-state index contributed by atoms with van der Waals surface area (Å²) in [5.74, 6) is -1.03. The van der Waals surface area contributed by atoms with Gasteiger partial charge in [-0.05, 0) is 35.4 Å². The molecule has 0 aliphatic heterocycles. The number of rotatable bonds is 4. The van der Waals surface area contributed by atoms with E-state index in [1.54, 1.807) is 48.5 Å². The highest BCUT2D eigenvalue weighted by Crippen LogP contribution is 2.17. The van der Waals surface area contributed by atoms with Gasteiger partial charge in [0, 0.05) is 10.0 Å². The second kappa shape index (κ2) is 10.0. The molecule has 0 spiro atoms. The van der Waals surface area contributed by atoms with Crippen LogP contribution in [0.15, 0.2) is 48.5 Å². The van der Waals surface area contributed by atoms with Gasteiger partial charge in [0.2, 0.25) is 5.91 Å². The third-order valence-corrected chi connectivity index (χ3v) is 3.65. The van der Waals surface area contributed by atoms with Crippen LogP contribution in [0.3, 0.4) is 0 Å². The Morgan fingerprint density at radius 2 is 1.36 bits per heavy atom. The summed E-state index contributed by atoms with van der Waals surface area (Å²) < 4.78 is 4.50. The largest absolute Gasteiger partial charge is 0.468 e. The number of benzene rings is 2. The number of hydrogen-bond acceptors (Lipinski definition) is 5. The molecule has 0 fully saturated rings. The normalized spacial score (nSPS) is 12.4. The maximum atomic E-state index is 11.0. The minimum atomic E-state index is -0.774. The average Bonchev–Trinajstić information content (AvgIpc) is 2.60.